The smallest absolute Gasteiger partial charge is 0.317 e. The highest BCUT2D eigenvalue weighted by molar-refractivity contribution is 5.74. The summed E-state index contributed by atoms with van der Waals surface area (Å²) >= 11 is 0. The van der Waals surface area contributed by atoms with E-state index < -0.39 is 5.97 Å². The number of hydrogen-bond donors (Lipinski definition) is 2. The van der Waals surface area contributed by atoms with Gasteiger partial charge in [-0.1, -0.05) is 6.92 Å². The van der Waals surface area contributed by atoms with Gasteiger partial charge in [0.05, 0.1) is 13.2 Å². The molecule has 150 valence electrons. The van der Waals surface area contributed by atoms with Gasteiger partial charge in [0.2, 0.25) is 0 Å². The van der Waals surface area contributed by atoms with Crippen molar-refractivity contribution in [1.29, 1.82) is 0 Å². The zero-order valence-corrected chi connectivity index (χ0v) is 15.9. The SMILES string of the molecule is CCN(CC(=O)O)C1CC(NC(=O)N(C)CCCOc2ccc(F)cc2)C1. The topological polar surface area (TPSA) is 82.1 Å². The Morgan fingerprint density at radius 2 is 1.96 bits per heavy atom. The molecule has 0 aliphatic heterocycles. The van der Waals surface area contributed by atoms with Crippen LogP contribution in [0.2, 0.25) is 0 Å². The van der Waals surface area contributed by atoms with Gasteiger partial charge in [-0.05, 0) is 50.1 Å². The summed E-state index contributed by atoms with van der Waals surface area (Å²) in [5.41, 5.74) is 0. The van der Waals surface area contributed by atoms with Gasteiger partial charge < -0.3 is 20.1 Å². The minimum absolute atomic E-state index is 0.0375. The Hall–Kier alpha value is -2.35. The number of amides is 2. The zero-order valence-electron chi connectivity index (χ0n) is 15.9. The molecular weight excluding hydrogens is 353 g/mol. The minimum Gasteiger partial charge on any atom is -0.494 e. The maximum atomic E-state index is 12.8. The van der Waals surface area contributed by atoms with Crippen molar-refractivity contribution in [3.8, 4) is 5.75 Å². The van der Waals surface area contributed by atoms with Gasteiger partial charge in [0.1, 0.15) is 11.6 Å². The molecule has 8 heteroatoms. The van der Waals surface area contributed by atoms with E-state index in [-0.39, 0.29) is 30.5 Å². The van der Waals surface area contributed by atoms with Crippen LogP contribution in [0, 0.1) is 5.82 Å². The number of likely N-dealkylation sites (N-methyl/N-ethyl adjacent to an activating group) is 1. The maximum Gasteiger partial charge on any atom is 0.317 e. The molecule has 0 aromatic heterocycles. The Morgan fingerprint density at radius 3 is 2.56 bits per heavy atom. The third-order valence-electron chi connectivity index (χ3n) is 4.77. The molecule has 27 heavy (non-hydrogen) atoms. The van der Waals surface area contributed by atoms with Crippen LogP contribution in [0.5, 0.6) is 5.75 Å². The molecule has 1 aliphatic rings. The van der Waals surface area contributed by atoms with Crippen molar-refractivity contribution in [3.05, 3.63) is 30.1 Å². The lowest BCUT2D eigenvalue weighted by atomic mass is 9.85. The number of halogens is 1. The summed E-state index contributed by atoms with van der Waals surface area (Å²) in [6.07, 6.45) is 2.21. The molecule has 1 aromatic carbocycles. The molecular formula is C19H28FN3O4. The quantitative estimate of drug-likeness (QED) is 0.607. The summed E-state index contributed by atoms with van der Waals surface area (Å²) in [5.74, 6) is -0.528. The Morgan fingerprint density at radius 1 is 1.30 bits per heavy atom. The average molecular weight is 381 g/mol. The van der Waals surface area contributed by atoms with Gasteiger partial charge in [-0.25, -0.2) is 9.18 Å². The zero-order chi connectivity index (χ0) is 19.8. The van der Waals surface area contributed by atoms with E-state index in [9.17, 15) is 14.0 Å². The van der Waals surface area contributed by atoms with Gasteiger partial charge in [0, 0.05) is 25.7 Å². The van der Waals surface area contributed by atoms with Gasteiger partial charge in [0.15, 0.2) is 0 Å². The van der Waals surface area contributed by atoms with Crippen LogP contribution in [-0.2, 0) is 4.79 Å². The number of hydrogen-bond acceptors (Lipinski definition) is 4. The van der Waals surface area contributed by atoms with E-state index in [0.717, 1.165) is 12.8 Å². The first-order valence-electron chi connectivity index (χ1n) is 9.25. The predicted octanol–water partition coefficient (Wildman–Crippen LogP) is 2.17. The van der Waals surface area contributed by atoms with Crippen molar-refractivity contribution in [2.24, 2.45) is 0 Å². The van der Waals surface area contributed by atoms with Crippen molar-refractivity contribution in [2.45, 2.75) is 38.3 Å². The molecule has 0 unspecified atom stereocenters. The van der Waals surface area contributed by atoms with Crippen molar-refractivity contribution in [2.75, 3.05) is 33.3 Å². The number of benzene rings is 1. The number of rotatable bonds is 10. The van der Waals surface area contributed by atoms with Gasteiger partial charge in [-0.15, -0.1) is 0 Å². The molecule has 0 heterocycles. The first kappa shape index (κ1) is 21.0. The van der Waals surface area contributed by atoms with E-state index in [1.807, 2.05) is 11.8 Å². The number of nitrogens with one attached hydrogen (secondary N) is 1. The van der Waals surface area contributed by atoms with Crippen LogP contribution in [0.1, 0.15) is 26.2 Å². The Kier molecular flexibility index (Phi) is 7.84. The Labute approximate surface area is 159 Å². The third-order valence-corrected chi connectivity index (χ3v) is 4.77. The number of carboxylic acids is 1. The Balaban J connectivity index is 1.60. The van der Waals surface area contributed by atoms with Crippen LogP contribution in [0.4, 0.5) is 9.18 Å². The molecule has 0 spiro atoms. The Bertz CT molecular complexity index is 620. The number of aliphatic carboxylic acids is 1. The van der Waals surface area contributed by atoms with Crippen molar-refractivity contribution < 1.29 is 23.8 Å². The fraction of sp³-hybridized carbons (Fsp3) is 0.579. The van der Waals surface area contributed by atoms with E-state index in [2.05, 4.69) is 5.32 Å². The van der Waals surface area contributed by atoms with Crippen molar-refractivity contribution >= 4 is 12.0 Å². The molecule has 2 N–H and O–H groups in total. The second kappa shape index (κ2) is 10.1. The lowest BCUT2D eigenvalue weighted by Crippen LogP contribution is -2.56. The van der Waals surface area contributed by atoms with Crippen molar-refractivity contribution in [1.82, 2.24) is 15.1 Å². The first-order chi connectivity index (χ1) is 12.9. The van der Waals surface area contributed by atoms with E-state index in [4.69, 9.17) is 9.84 Å². The van der Waals surface area contributed by atoms with E-state index >= 15 is 0 Å². The molecule has 0 radical (unpaired) electrons. The van der Waals surface area contributed by atoms with Crippen LogP contribution in [0.3, 0.4) is 0 Å². The average Bonchev–Trinajstić information content (AvgIpc) is 2.60. The molecule has 0 saturated heterocycles. The number of nitrogens with zero attached hydrogens (tertiary/aromatic N) is 2. The summed E-state index contributed by atoms with van der Waals surface area (Å²) in [7, 11) is 1.73. The summed E-state index contributed by atoms with van der Waals surface area (Å²) in [6.45, 7) is 3.65. The molecule has 0 atom stereocenters. The normalized spacial score (nSPS) is 18.7. The molecule has 7 nitrogen and oxygen atoms in total. The van der Waals surface area contributed by atoms with Crippen LogP contribution in [0.15, 0.2) is 24.3 Å². The lowest BCUT2D eigenvalue weighted by molar-refractivity contribution is -0.139. The highest BCUT2D eigenvalue weighted by atomic mass is 19.1. The number of carboxylic acid groups (broad SMARTS) is 1. The van der Waals surface area contributed by atoms with Crippen molar-refractivity contribution in [3.63, 3.8) is 0 Å². The number of carbonyl (C=O) groups excluding carboxylic acids is 1. The summed E-state index contributed by atoms with van der Waals surface area (Å²) in [5, 5.41) is 11.9. The standard InChI is InChI=1S/C19H28FN3O4/c1-3-23(13-18(24)25)16-11-15(12-16)21-19(26)22(2)9-4-10-27-17-7-5-14(20)6-8-17/h5-8,15-16H,3-4,9-13H2,1-2H3,(H,21,26)(H,24,25). The van der Waals surface area contributed by atoms with Crippen LogP contribution in [-0.4, -0.2) is 72.3 Å². The molecule has 1 aromatic rings. The van der Waals surface area contributed by atoms with E-state index in [1.165, 1.54) is 12.1 Å². The number of urea groups is 1. The number of carbonyl (C=O) groups is 2. The van der Waals surface area contributed by atoms with E-state index in [1.54, 1.807) is 24.1 Å². The molecule has 1 aliphatic carbocycles. The fourth-order valence-corrected chi connectivity index (χ4v) is 3.09. The van der Waals surface area contributed by atoms with Gasteiger partial charge in [-0.2, -0.15) is 0 Å². The summed E-state index contributed by atoms with van der Waals surface area (Å²) in [4.78, 5) is 26.6. The highest BCUT2D eigenvalue weighted by Gasteiger charge is 2.35. The summed E-state index contributed by atoms with van der Waals surface area (Å²) < 4.78 is 18.3. The third kappa shape index (κ3) is 6.71. The molecule has 1 fully saturated rings. The molecule has 0 bridgehead atoms. The first-order valence-corrected chi connectivity index (χ1v) is 9.25. The van der Waals surface area contributed by atoms with Gasteiger partial charge in [0.25, 0.3) is 0 Å². The van der Waals surface area contributed by atoms with Gasteiger partial charge in [-0.3, -0.25) is 9.69 Å². The predicted molar refractivity (Wildman–Crippen MR) is 99.4 cm³/mol. The second-order valence-corrected chi connectivity index (χ2v) is 6.81. The molecule has 2 amide bonds. The van der Waals surface area contributed by atoms with Crippen LogP contribution >= 0.6 is 0 Å². The fourth-order valence-electron chi connectivity index (χ4n) is 3.09. The molecule has 2 rings (SSSR count). The number of ether oxygens (including phenoxy) is 1. The maximum absolute atomic E-state index is 12.8. The second-order valence-electron chi connectivity index (χ2n) is 6.81. The minimum atomic E-state index is -0.827. The molecule has 1 saturated carbocycles. The summed E-state index contributed by atoms with van der Waals surface area (Å²) in [6, 6.07) is 6.00. The van der Waals surface area contributed by atoms with E-state index in [0.29, 0.717) is 31.9 Å². The van der Waals surface area contributed by atoms with Gasteiger partial charge >= 0.3 is 12.0 Å². The lowest BCUT2D eigenvalue weighted by Gasteiger charge is -2.42. The largest absolute Gasteiger partial charge is 0.494 e. The van der Waals surface area contributed by atoms with Crippen LogP contribution < -0.4 is 10.1 Å². The monoisotopic (exact) mass is 381 g/mol. The van der Waals surface area contributed by atoms with Crippen LogP contribution in [0.25, 0.3) is 0 Å². The highest BCUT2D eigenvalue weighted by Crippen LogP contribution is 2.25.